The summed E-state index contributed by atoms with van der Waals surface area (Å²) in [5, 5.41) is 11.5. The molecule has 0 saturated heterocycles. The molecule has 0 saturated carbocycles. The average Bonchev–Trinajstić information content (AvgIpc) is 2.90. The summed E-state index contributed by atoms with van der Waals surface area (Å²) in [6, 6.07) is 23.8. The van der Waals surface area contributed by atoms with Gasteiger partial charge in [-0.05, 0) is 24.3 Å². The standard InChI is InChI=1S/C19H14BNO2/c22-19(23)13-9-11-14(12-10-13)20-21-17-7-3-1-5-15(17)16-6-2-4-8-18(16)21/h1-12,20H,(H,22,23). The van der Waals surface area contributed by atoms with E-state index in [9.17, 15) is 4.79 Å². The molecule has 0 amide bonds. The molecule has 1 N–H and O–H groups in total. The molecule has 4 rings (SSSR count). The molecule has 0 atom stereocenters. The van der Waals surface area contributed by atoms with Gasteiger partial charge in [0.2, 0.25) is 0 Å². The van der Waals surface area contributed by atoms with Crippen LogP contribution in [0.3, 0.4) is 0 Å². The van der Waals surface area contributed by atoms with Crippen molar-refractivity contribution in [3.63, 3.8) is 0 Å². The first-order valence-corrected chi connectivity index (χ1v) is 7.52. The molecule has 4 aromatic rings. The van der Waals surface area contributed by atoms with E-state index in [1.165, 1.54) is 21.8 Å². The van der Waals surface area contributed by atoms with Crippen molar-refractivity contribution >= 4 is 40.7 Å². The summed E-state index contributed by atoms with van der Waals surface area (Å²) in [5.41, 5.74) is 3.78. The predicted molar refractivity (Wildman–Crippen MR) is 95.0 cm³/mol. The fourth-order valence-electron chi connectivity index (χ4n) is 3.11. The summed E-state index contributed by atoms with van der Waals surface area (Å²) in [6.45, 7) is 0. The third-order valence-electron chi connectivity index (χ3n) is 4.22. The van der Waals surface area contributed by atoms with Crippen LogP contribution in [-0.4, -0.2) is 23.0 Å². The van der Waals surface area contributed by atoms with Gasteiger partial charge in [0.15, 0.2) is 0 Å². The highest BCUT2D eigenvalue weighted by atomic mass is 16.4. The molecule has 0 unspecified atom stereocenters. The van der Waals surface area contributed by atoms with Gasteiger partial charge in [-0.15, -0.1) is 0 Å². The van der Waals surface area contributed by atoms with Crippen LogP contribution in [0.25, 0.3) is 21.8 Å². The van der Waals surface area contributed by atoms with E-state index in [0.29, 0.717) is 13.0 Å². The Morgan fingerprint density at radius 3 is 1.83 bits per heavy atom. The Labute approximate surface area is 134 Å². The average molecular weight is 299 g/mol. The van der Waals surface area contributed by atoms with Crippen LogP contribution in [-0.2, 0) is 0 Å². The molecule has 110 valence electrons. The number of benzene rings is 3. The number of rotatable bonds is 3. The van der Waals surface area contributed by atoms with Crippen molar-refractivity contribution in [3.05, 3.63) is 78.4 Å². The van der Waals surface area contributed by atoms with Gasteiger partial charge in [0.1, 0.15) is 0 Å². The van der Waals surface area contributed by atoms with Crippen LogP contribution in [0.1, 0.15) is 10.4 Å². The molecule has 0 aliphatic carbocycles. The highest BCUT2D eigenvalue weighted by molar-refractivity contribution is 6.54. The number of carbonyl (C=O) groups is 1. The lowest BCUT2D eigenvalue weighted by molar-refractivity contribution is 0.0697. The van der Waals surface area contributed by atoms with E-state index in [1.807, 2.05) is 24.3 Å². The Kier molecular flexibility index (Phi) is 3.16. The first-order valence-electron chi connectivity index (χ1n) is 7.52. The van der Waals surface area contributed by atoms with E-state index in [2.05, 4.69) is 40.9 Å². The first-order chi connectivity index (χ1) is 11.2. The molecule has 0 fully saturated rings. The van der Waals surface area contributed by atoms with Crippen LogP contribution in [0.5, 0.6) is 0 Å². The first kappa shape index (κ1) is 13.6. The summed E-state index contributed by atoms with van der Waals surface area (Å²) in [4.78, 5) is 11.0. The lowest BCUT2D eigenvalue weighted by Crippen LogP contribution is -2.22. The number of fused-ring (bicyclic) bond motifs is 3. The second kappa shape index (κ2) is 5.32. The van der Waals surface area contributed by atoms with Crippen molar-refractivity contribution in [2.24, 2.45) is 0 Å². The minimum Gasteiger partial charge on any atom is -0.478 e. The molecule has 3 nitrogen and oxygen atoms in total. The Hall–Kier alpha value is -3.01. The Balaban J connectivity index is 1.85. The van der Waals surface area contributed by atoms with Crippen LogP contribution in [0.4, 0.5) is 0 Å². The molecule has 4 heteroatoms. The van der Waals surface area contributed by atoms with Crippen molar-refractivity contribution in [1.29, 1.82) is 0 Å². The topological polar surface area (TPSA) is 42.2 Å². The fourth-order valence-corrected chi connectivity index (χ4v) is 3.11. The third kappa shape index (κ3) is 2.29. The van der Waals surface area contributed by atoms with Crippen molar-refractivity contribution in [2.75, 3.05) is 0 Å². The van der Waals surface area contributed by atoms with Crippen molar-refractivity contribution in [1.82, 2.24) is 4.48 Å². The summed E-state index contributed by atoms with van der Waals surface area (Å²) in [7, 11) is 0.716. The van der Waals surface area contributed by atoms with Crippen molar-refractivity contribution < 1.29 is 9.90 Å². The van der Waals surface area contributed by atoms with Crippen LogP contribution in [0, 0.1) is 0 Å². The van der Waals surface area contributed by atoms with E-state index in [0.717, 1.165) is 5.46 Å². The molecule has 1 heterocycles. The summed E-state index contributed by atoms with van der Waals surface area (Å²) < 4.78 is 2.28. The zero-order valence-electron chi connectivity index (χ0n) is 12.4. The predicted octanol–water partition coefficient (Wildman–Crippen LogP) is 3.02. The normalized spacial score (nSPS) is 11.0. The zero-order valence-corrected chi connectivity index (χ0v) is 12.4. The van der Waals surface area contributed by atoms with E-state index in [1.54, 1.807) is 12.1 Å². The van der Waals surface area contributed by atoms with Crippen LogP contribution >= 0.6 is 0 Å². The van der Waals surface area contributed by atoms with Gasteiger partial charge in [-0.25, -0.2) is 4.79 Å². The molecule has 23 heavy (non-hydrogen) atoms. The zero-order chi connectivity index (χ0) is 15.8. The second-order valence-electron chi connectivity index (χ2n) is 5.62. The minimum absolute atomic E-state index is 0.316. The highest BCUT2D eigenvalue weighted by Crippen LogP contribution is 2.27. The Bertz CT molecular complexity index is 965. The number of hydrogen-bond acceptors (Lipinski definition) is 1. The maximum absolute atomic E-state index is 11.0. The van der Waals surface area contributed by atoms with Gasteiger partial charge in [-0.2, -0.15) is 0 Å². The monoisotopic (exact) mass is 299 g/mol. The van der Waals surface area contributed by atoms with Gasteiger partial charge in [-0.3, -0.25) is 0 Å². The summed E-state index contributed by atoms with van der Waals surface area (Å²) >= 11 is 0. The van der Waals surface area contributed by atoms with E-state index < -0.39 is 5.97 Å². The van der Waals surface area contributed by atoms with Crippen LogP contribution in [0.15, 0.2) is 72.8 Å². The number of carboxylic acids is 1. The number of para-hydroxylation sites is 2. The van der Waals surface area contributed by atoms with Gasteiger partial charge < -0.3 is 9.58 Å². The molecule has 3 aromatic carbocycles. The molecular weight excluding hydrogens is 285 g/mol. The lowest BCUT2D eigenvalue weighted by atomic mass is 9.81. The number of hydrogen-bond donors (Lipinski definition) is 1. The largest absolute Gasteiger partial charge is 0.478 e. The number of nitrogens with zero attached hydrogens (tertiary/aromatic N) is 1. The fraction of sp³-hybridized carbons (Fsp3) is 0. The van der Waals surface area contributed by atoms with E-state index in [4.69, 9.17) is 5.11 Å². The molecule has 0 radical (unpaired) electrons. The number of carboxylic acid groups (broad SMARTS) is 1. The molecule has 0 bridgehead atoms. The van der Waals surface area contributed by atoms with Gasteiger partial charge in [0.25, 0.3) is 7.41 Å². The second-order valence-corrected chi connectivity index (χ2v) is 5.62. The van der Waals surface area contributed by atoms with E-state index >= 15 is 0 Å². The van der Waals surface area contributed by atoms with Gasteiger partial charge in [0.05, 0.1) is 5.56 Å². The molecular formula is C19H14BNO2. The molecule has 0 aliphatic heterocycles. The Morgan fingerprint density at radius 2 is 1.30 bits per heavy atom. The van der Waals surface area contributed by atoms with Gasteiger partial charge >= 0.3 is 5.97 Å². The quantitative estimate of drug-likeness (QED) is 0.591. The van der Waals surface area contributed by atoms with Crippen LogP contribution < -0.4 is 5.46 Å². The smallest absolute Gasteiger partial charge is 0.335 e. The Morgan fingerprint density at radius 1 is 0.783 bits per heavy atom. The SMILES string of the molecule is O=C(O)c1ccc(Bn2c3ccccc3c3ccccc32)cc1. The van der Waals surface area contributed by atoms with Gasteiger partial charge in [0, 0.05) is 21.8 Å². The maximum atomic E-state index is 11.0. The number of aromatic carboxylic acids is 1. The lowest BCUT2D eigenvalue weighted by Gasteiger charge is -2.06. The summed E-state index contributed by atoms with van der Waals surface area (Å²) in [6.07, 6.45) is 0. The molecule has 1 aromatic heterocycles. The minimum atomic E-state index is -0.895. The van der Waals surface area contributed by atoms with Crippen molar-refractivity contribution in [3.8, 4) is 0 Å². The number of aromatic nitrogens is 1. The van der Waals surface area contributed by atoms with Gasteiger partial charge in [-0.1, -0.05) is 54.0 Å². The highest BCUT2D eigenvalue weighted by Gasteiger charge is 2.11. The molecule has 0 aliphatic rings. The van der Waals surface area contributed by atoms with E-state index in [-0.39, 0.29) is 0 Å². The van der Waals surface area contributed by atoms with Crippen LogP contribution in [0.2, 0.25) is 0 Å². The van der Waals surface area contributed by atoms with Crippen molar-refractivity contribution in [2.45, 2.75) is 0 Å². The summed E-state index contributed by atoms with van der Waals surface area (Å²) in [5.74, 6) is -0.895. The molecule has 0 spiro atoms. The third-order valence-corrected chi connectivity index (χ3v) is 4.22. The maximum Gasteiger partial charge on any atom is 0.335 e.